The summed E-state index contributed by atoms with van der Waals surface area (Å²) in [6.07, 6.45) is 1.56. The van der Waals surface area contributed by atoms with Crippen LogP contribution in [0.1, 0.15) is 11.1 Å². The lowest BCUT2D eigenvalue weighted by atomic mass is 10.0. The Morgan fingerprint density at radius 1 is 1.09 bits per heavy atom. The van der Waals surface area contributed by atoms with Crippen molar-refractivity contribution in [1.82, 2.24) is 0 Å². The number of carbonyl (C=O) groups is 1. The highest BCUT2D eigenvalue weighted by Crippen LogP contribution is 2.31. The van der Waals surface area contributed by atoms with Crippen molar-refractivity contribution >= 4 is 29.2 Å². The minimum atomic E-state index is -1.04. The molecule has 2 aromatic carbocycles. The van der Waals surface area contributed by atoms with Gasteiger partial charge in [-0.25, -0.2) is 4.79 Å². The van der Waals surface area contributed by atoms with Gasteiger partial charge in [-0.2, -0.15) is 0 Å². The molecule has 0 bridgehead atoms. The fourth-order valence-corrected chi connectivity index (χ4v) is 2.23. The Morgan fingerprint density at radius 2 is 1.82 bits per heavy atom. The SMILES string of the molecule is COc1ccc(/C(=C/c2cccc(Cl)c2)C(=O)O)cc1OC. The number of benzene rings is 2. The van der Waals surface area contributed by atoms with Gasteiger partial charge in [0, 0.05) is 5.02 Å². The van der Waals surface area contributed by atoms with Gasteiger partial charge in [0.05, 0.1) is 19.8 Å². The number of rotatable bonds is 5. The minimum Gasteiger partial charge on any atom is -0.493 e. The van der Waals surface area contributed by atoms with Gasteiger partial charge in [-0.3, -0.25) is 0 Å². The molecule has 0 aliphatic heterocycles. The van der Waals surface area contributed by atoms with E-state index in [-0.39, 0.29) is 5.57 Å². The lowest BCUT2D eigenvalue weighted by molar-refractivity contribution is -0.130. The van der Waals surface area contributed by atoms with Gasteiger partial charge in [0.1, 0.15) is 0 Å². The largest absolute Gasteiger partial charge is 0.493 e. The standard InChI is InChI=1S/C17H15ClO4/c1-21-15-7-6-12(10-16(15)22-2)14(17(19)20)9-11-4-3-5-13(18)8-11/h3-10H,1-2H3,(H,19,20)/b14-9-. The zero-order valence-electron chi connectivity index (χ0n) is 12.2. The summed E-state index contributed by atoms with van der Waals surface area (Å²) in [6.45, 7) is 0. The molecule has 22 heavy (non-hydrogen) atoms. The number of ether oxygens (including phenoxy) is 2. The average Bonchev–Trinajstić information content (AvgIpc) is 2.51. The third kappa shape index (κ3) is 3.59. The lowest BCUT2D eigenvalue weighted by Crippen LogP contribution is -2.01. The van der Waals surface area contributed by atoms with Crippen molar-refractivity contribution in [1.29, 1.82) is 0 Å². The first-order valence-corrected chi connectivity index (χ1v) is 6.86. The molecule has 0 radical (unpaired) electrons. The van der Waals surface area contributed by atoms with Gasteiger partial charge < -0.3 is 14.6 Å². The van der Waals surface area contributed by atoms with Gasteiger partial charge in [-0.15, -0.1) is 0 Å². The van der Waals surface area contributed by atoms with Crippen molar-refractivity contribution in [3.63, 3.8) is 0 Å². The highest BCUT2D eigenvalue weighted by atomic mass is 35.5. The molecule has 0 atom stereocenters. The Kier molecular flexibility index (Phi) is 5.07. The van der Waals surface area contributed by atoms with Crippen LogP contribution in [0.15, 0.2) is 42.5 Å². The molecule has 0 heterocycles. The smallest absolute Gasteiger partial charge is 0.336 e. The van der Waals surface area contributed by atoms with Gasteiger partial charge in [0.25, 0.3) is 0 Å². The van der Waals surface area contributed by atoms with Crippen molar-refractivity contribution < 1.29 is 19.4 Å². The van der Waals surface area contributed by atoms with Crippen LogP contribution in [-0.4, -0.2) is 25.3 Å². The topological polar surface area (TPSA) is 55.8 Å². The number of halogens is 1. The summed E-state index contributed by atoms with van der Waals surface area (Å²) < 4.78 is 10.4. The highest BCUT2D eigenvalue weighted by molar-refractivity contribution is 6.30. The molecule has 0 aromatic heterocycles. The number of hydrogen-bond acceptors (Lipinski definition) is 3. The summed E-state index contributed by atoms with van der Waals surface area (Å²) in [6, 6.07) is 12.0. The van der Waals surface area contributed by atoms with E-state index in [4.69, 9.17) is 21.1 Å². The summed E-state index contributed by atoms with van der Waals surface area (Å²) in [5.41, 5.74) is 1.37. The van der Waals surface area contributed by atoms with Gasteiger partial charge in [-0.1, -0.05) is 29.8 Å². The average molecular weight is 319 g/mol. The second-order valence-electron chi connectivity index (χ2n) is 4.49. The molecule has 4 nitrogen and oxygen atoms in total. The zero-order chi connectivity index (χ0) is 16.1. The monoisotopic (exact) mass is 318 g/mol. The van der Waals surface area contributed by atoms with Crippen LogP contribution in [0.4, 0.5) is 0 Å². The van der Waals surface area contributed by atoms with E-state index in [1.807, 2.05) is 0 Å². The van der Waals surface area contributed by atoms with Crippen LogP contribution < -0.4 is 9.47 Å². The Hall–Kier alpha value is -2.46. The Bertz CT molecular complexity index is 722. The van der Waals surface area contributed by atoms with E-state index in [2.05, 4.69) is 0 Å². The molecular formula is C17H15ClO4. The summed E-state index contributed by atoms with van der Waals surface area (Å²) in [5.74, 6) is -0.0239. The fraction of sp³-hybridized carbons (Fsp3) is 0.118. The molecule has 0 aliphatic carbocycles. The Morgan fingerprint density at radius 3 is 2.41 bits per heavy atom. The van der Waals surface area contributed by atoms with Crippen LogP contribution in [0.2, 0.25) is 5.02 Å². The Balaban J connectivity index is 2.51. The van der Waals surface area contributed by atoms with Gasteiger partial charge >= 0.3 is 5.97 Å². The predicted molar refractivity (Wildman–Crippen MR) is 86.5 cm³/mol. The molecular weight excluding hydrogens is 304 g/mol. The van der Waals surface area contributed by atoms with Crippen molar-refractivity contribution in [3.8, 4) is 11.5 Å². The van der Waals surface area contributed by atoms with Gasteiger partial charge in [0.2, 0.25) is 0 Å². The summed E-state index contributed by atoms with van der Waals surface area (Å²) >= 11 is 5.93. The van der Waals surface area contributed by atoms with E-state index < -0.39 is 5.97 Å². The van der Waals surface area contributed by atoms with Crippen molar-refractivity contribution in [2.45, 2.75) is 0 Å². The third-order valence-corrected chi connectivity index (χ3v) is 3.32. The first kappa shape index (κ1) is 15.9. The molecule has 2 aromatic rings. The quantitative estimate of drug-likeness (QED) is 0.669. The molecule has 0 unspecified atom stereocenters. The van der Waals surface area contributed by atoms with Gasteiger partial charge in [-0.05, 0) is 41.5 Å². The molecule has 0 saturated carbocycles. The van der Waals surface area contributed by atoms with Crippen LogP contribution >= 0.6 is 11.6 Å². The highest BCUT2D eigenvalue weighted by Gasteiger charge is 2.14. The molecule has 0 fully saturated rings. The minimum absolute atomic E-state index is 0.142. The van der Waals surface area contributed by atoms with Crippen LogP contribution in [0, 0.1) is 0 Å². The van der Waals surface area contributed by atoms with Crippen molar-refractivity contribution in [3.05, 3.63) is 58.6 Å². The van der Waals surface area contributed by atoms with Gasteiger partial charge in [0.15, 0.2) is 11.5 Å². The predicted octanol–water partition coefficient (Wildman–Crippen LogP) is 3.98. The van der Waals surface area contributed by atoms with E-state index in [1.165, 1.54) is 14.2 Å². The maximum absolute atomic E-state index is 11.6. The zero-order valence-corrected chi connectivity index (χ0v) is 12.9. The second kappa shape index (κ2) is 7.00. The summed E-state index contributed by atoms with van der Waals surface area (Å²) in [7, 11) is 3.03. The summed E-state index contributed by atoms with van der Waals surface area (Å²) in [4.78, 5) is 11.6. The normalized spacial score (nSPS) is 11.1. The van der Waals surface area contributed by atoms with Crippen molar-refractivity contribution in [2.24, 2.45) is 0 Å². The maximum Gasteiger partial charge on any atom is 0.336 e. The van der Waals surface area contributed by atoms with E-state index in [0.717, 1.165) is 0 Å². The molecule has 5 heteroatoms. The number of methoxy groups -OCH3 is 2. The fourth-order valence-electron chi connectivity index (χ4n) is 2.04. The van der Waals surface area contributed by atoms with Crippen LogP contribution in [0.3, 0.4) is 0 Å². The number of hydrogen-bond donors (Lipinski definition) is 1. The van der Waals surface area contributed by atoms with E-state index in [1.54, 1.807) is 48.5 Å². The third-order valence-electron chi connectivity index (χ3n) is 3.08. The van der Waals surface area contributed by atoms with E-state index in [9.17, 15) is 9.90 Å². The number of carboxylic acid groups (broad SMARTS) is 1. The molecule has 2 rings (SSSR count). The first-order valence-electron chi connectivity index (χ1n) is 6.48. The number of aliphatic carboxylic acids is 1. The van der Waals surface area contributed by atoms with Crippen LogP contribution in [0.5, 0.6) is 11.5 Å². The van der Waals surface area contributed by atoms with Crippen molar-refractivity contribution in [2.75, 3.05) is 14.2 Å². The molecule has 0 spiro atoms. The summed E-state index contributed by atoms with van der Waals surface area (Å²) in [5, 5.41) is 10.0. The van der Waals surface area contributed by atoms with Crippen LogP contribution in [0.25, 0.3) is 11.6 Å². The van der Waals surface area contributed by atoms with Crippen LogP contribution in [-0.2, 0) is 4.79 Å². The maximum atomic E-state index is 11.6. The molecule has 114 valence electrons. The molecule has 0 amide bonds. The second-order valence-corrected chi connectivity index (χ2v) is 4.92. The first-order chi connectivity index (χ1) is 10.5. The van der Waals surface area contributed by atoms with E-state index in [0.29, 0.717) is 27.6 Å². The molecule has 1 N–H and O–H groups in total. The Labute approximate surface area is 133 Å². The molecule has 0 aliphatic rings. The number of carboxylic acids is 1. The molecule has 0 saturated heterocycles. The van der Waals surface area contributed by atoms with E-state index >= 15 is 0 Å². The lowest BCUT2D eigenvalue weighted by Gasteiger charge is -2.10.